The minimum absolute atomic E-state index is 0.747. The summed E-state index contributed by atoms with van der Waals surface area (Å²) in [5.41, 5.74) is 1.21. The highest BCUT2D eigenvalue weighted by Gasteiger charge is 2.05. The predicted molar refractivity (Wildman–Crippen MR) is 111 cm³/mol. The molecule has 0 atom stereocenters. The van der Waals surface area contributed by atoms with E-state index in [2.05, 4.69) is 50.3 Å². The summed E-state index contributed by atoms with van der Waals surface area (Å²) in [6.45, 7) is 7.30. The van der Waals surface area contributed by atoms with Crippen molar-refractivity contribution in [1.82, 2.24) is 25.4 Å². The Kier molecular flexibility index (Phi) is 9.10. The summed E-state index contributed by atoms with van der Waals surface area (Å²) in [4.78, 5) is 4.66. The van der Waals surface area contributed by atoms with Gasteiger partial charge in [-0.1, -0.05) is 13.0 Å². The van der Waals surface area contributed by atoms with Gasteiger partial charge in [0.05, 0.1) is 14.2 Å². The van der Waals surface area contributed by atoms with Gasteiger partial charge < -0.3 is 24.7 Å². The minimum Gasteiger partial charge on any atom is -0.493 e. The molecule has 8 nitrogen and oxygen atoms in total. The minimum atomic E-state index is 0.747. The molecule has 0 aliphatic rings. The molecule has 0 radical (unpaired) electrons. The Morgan fingerprint density at radius 1 is 1.14 bits per heavy atom. The summed E-state index contributed by atoms with van der Waals surface area (Å²) in [5.74, 6) is 3.35. The molecule has 8 heteroatoms. The largest absolute Gasteiger partial charge is 0.493 e. The first kappa shape index (κ1) is 21.5. The molecule has 2 rings (SSSR count). The van der Waals surface area contributed by atoms with E-state index in [4.69, 9.17) is 9.47 Å². The van der Waals surface area contributed by atoms with Gasteiger partial charge in [0.1, 0.15) is 12.2 Å². The number of nitrogens with zero attached hydrogens (tertiary/aromatic N) is 4. The highest BCUT2D eigenvalue weighted by molar-refractivity contribution is 5.79. The third-order valence-electron chi connectivity index (χ3n) is 4.34. The number of benzene rings is 1. The lowest BCUT2D eigenvalue weighted by Gasteiger charge is -2.12. The normalized spacial score (nSPS) is 11.4. The van der Waals surface area contributed by atoms with E-state index in [1.807, 2.05) is 12.1 Å². The average Bonchev–Trinajstić information content (AvgIpc) is 3.18. The highest BCUT2D eigenvalue weighted by atomic mass is 16.5. The molecule has 0 amide bonds. The third kappa shape index (κ3) is 6.44. The quantitative estimate of drug-likeness (QED) is 0.348. The van der Waals surface area contributed by atoms with E-state index in [1.165, 1.54) is 5.56 Å². The molecule has 28 heavy (non-hydrogen) atoms. The van der Waals surface area contributed by atoms with Crippen LogP contribution in [0, 0.1) is 0 Å². The van der Waals surface area contributed by atoms with E-state index in [9.17, 15) is 0 Å². The van der Waals surface area contributed by atoms with Crippen molar-refractivity contribution in [2.45, 2.75) is 39.7 Å². The molecule has 0 saturated carbocycles. The van der Waals surface area contributed by atoms with Gasteiger partial charge in [0.25, 0.3) is 0 Å². The van der Waals surface area contributed by atoms with Gasteiger partial charge in [0, 0.05) is 32.6 Å². The molecule has 0 aliphatic heterocycles. The van der Waals surface area contributed by atoms with E-state index in [-0.39, 0.29) is 0 Å². The number of hydrogen-bond donors (Lipinski definition) is 2. The molecule has 154 valence electrons. The summed E-state index contributed by atoms with van der Waals surface area (Å²) in [6.07, 6.45) is 4.54. The van der Waals surface area contributed by atoms with Crippen molar-refractivity contribution >= 4 is 5.96 Å². The summed E-state index contributed by atoms with van der Waals surface area (Å²) >= 11 is 0. The zero-order valence-electron chi connectivity index (χ0n) is 17.4. The number of rotatable bonds is 11. The van der Waals surface area contributed by atoms with Crippen molar-refractivity contribution in [1.29, 1.82) is 0 Å². The van der Waals surface area contributed by atoms with Crippen molar-refractivity contribution in [3.05, 3.63) is 35.9 Å². The molecule has 2 N–H and O–H groups in total. The Labute approximate surface area is 167 Å². The van der Waals surface area contributed by atoms with Gasteiger partial charge in [-0.3, -0.25) is 4.99 Å². The summed E-state index contributed by atoms with van der Waals surface area (Å²) in [6, 6.07) is 6.04. The van der Waals surface area contributed by atoms with Crippen LogP contribution in [0.3, 0.4) is 0 Å². The van der Waals surface area contributed by atoms with Crippen molar-refractivity contribution < 1.29 is 9.47 Å². The molecule has 0 bridgehead atoms. The second-order valence-electron chi connectivity index (χ2n) is 6.27. The second kappa shape index (κ2) is 11.8. The number of aryl methyl sites for hydroxylation is 2. The first-order valence-corrected chi connectivity index (χ1v) is 9.81. The monoisotopic (exact) mass is 388 g/mol. The topological polar surface area (TPSA) is 85.6 Å². The molecule has 2 aromatic rings. The average molecular weight is 389 g/mol. The van der Waals surface area contributed by atoms with E-state index >= 15 is 0 Å². The van der Waals surface area contributed by atoms with Gasteiger partial charge in [-0.25, -0.2) is 0 Å². The second-order valence-corrected chi connectivity index (χ2v) is 6.27. The van der Waals surface area contributed by atoms with Crippen LogP contribution >= 0.6 is 0 Å². The lowest BCUT2D eigenvalue weighted by Crippen LogP contribution is -2.39. The number of ether oxygens (including phenoxy) is 2. The Morgan fingerprint density at radius 2 is 1.96 bits per heavy atom. The Morgan fingerprint density at radius 3 is 2.68 bits per heavy atom. The zero-order valence-corrected chi connectivity index (χ0v) is 17.4. The van der Waals surface area contributed by atoms with E-state index < -0.39 is 0 Å². The van der Waals surface area contributed by atoms with Crippen LogP contribution < -0.4 is 20.1 Å². The van der Waals surface area contributed by atoms with E-state index in [1.54, 1.807) is 20.5 Å². The van der Waals surface area contributed by atoms with Gasteiger partial charge in [0.2, 0.25) is 0 Å². The van der Waals surface area contributed by atoms with Crippen molar-refractivity contribution in [3.8, 4) is 11.5 Å². The molecule has 0 saturated heterocycles. The van der Waals surface area contributed by atoms with Crippen molar-refractivity contribution in [2.24, 2.45) is 4.99 Å². The molecular weight excluding hydrogens is 356 g/mol. The van der Waals surface area contributed by atoms with E-state index in [0.29, 0.717) is 0 Å². The number of nitrogens with one attached hydrogen (secondary N) is 2. The third-order valence-corrected chi connectivity index (χ3v) is 4.34. The molecule has 0 unspecified atom stereocenters. The van der Waals surface area contributed by atoms with Crippen LogP contribution in [-0.2, 0) is 19.4 Å². The number of hydrogen-bond acceptors (Lipinski definition) is 5. The predicted octanol–water partition coefficient (Wildman–Crippen LogP) is 2.05. The lowest BCUT2D eigenvalue weighted by molar-refractivity contribution is 0.354. The maximum atomic E-state index is 5.36. The van der Waals surface area contributed by atoms with Crippen LogP contribution in [-0.4, -0.2) is 54.6 Å². The van der Waals surface area contributed by atoms with Crippen LogP contribution in [0.1, 0.15) is 31.7 Å². The van der Waals surface area contributed by atoms with Crippen molar-refractivity contribution in [2.75, 3.05) is 33.9 Å². The first-order valence-electron chi connectivity index (χ1n) is 9.81. The fraction of sp³-hybridized carbons (Fsp3) is 0.550. The van der Waals surface area contributed by atoms with Crippen LogP contribution in [0.25, 0.3) is 0 Å². The Bertz CT molecular complexity index is 744. The Balaban J connectivity index is 1.80. The van der Waals surface area contributed by atoms with Gasteiger partial charge in [0.15, 0.2) is 17.5 Å². The number of guanidine groups is 1. The standard InChI is InChI=1S/C20H32N6O2/c1-5-19-25-24-15-26(19)13-12-23-20(21-6-2)22-11-7-8-16-9-10-17(27-3)18(14-16)28-4/h9-10,14-15H,5-8,11-13H2,1-4H3,(H2,21,22,23). The lowest BCUT2D eigenvalue weighted by atomic mass is 10.1. The summed E-state index contributed by atoms with van der Waals surface area (Å²) < 4.78 is 12.7. The maximum absolute atomic E-state index is 5.36. The van der Waals surface area contributed by atoms with Gasteiger partial charge in [-0.05, 0) is 37.5 Å². The van der Waals surface area contributed by atoms with Gasteiger partial charge in [-0.2, -0.15) is 0 Å². The fourth-order valence-electron chi connectivity index (χ4n) is 2.89. The molecule has 1 aromatic heterocycles. The number of aliphatic imine (C=N–C) groups is 1. The van der Waals surface area contributed by atoms with Gasteiger partial charge in [-0.15, -0.1) is 10.2 Å². The summed E-state index contributed by atoms with van der Waals surface area (Å²) in [7, 11) is 3.30. The first-order chi connectivity index (χ1) is 13.7. The number of methoxy groups -OCH3 is 2. The molecule has 0 fully saturated rings. The summed E-state index contributed by atoms with van der Waals surface area (Å²) in [5, 5.41) is 14.7. The maximum Gasteiger partial charge on any atom is 0.191 e. The molecule has 1 aromatic carbocycles. The smallest absolute Gasteiger partial charge is 0.191 e. The SMILES string of the molecule is CCNC(=NCCCc1ccc(OC)c(OC)c1)NCCn1cnnc1CC. The van der Waals surface area contributed by atoms with Crippen LogP contribution in [0.15, 0.2) is 29.5 Å². The fourth-order valence-corrected chi connectivity index (χ4v) is 2.89. The highest BCUT2D eigenvalue weighted by Crippen LogP contribution is 2.27. The van der Waals surface area contributed by atoms with E-state index in [0.717, 1.165) is 68.7 Å². The Hall–Kier alpha value is -2.77. The van der Waals surface area contributed by atoms with Gasteiger partial charge >= 0.3 is 0 Å². The molecule has 0 aliphatic carbocycles. The molecule has 1 heterocycles. The molecule has 0 spiro atoms. The molecular formula is C20H32N6O2. The number of aromatic nitrogens is 3. The van der Waals surface area contributed by atoms with Crippen LogP contribution in [0.2, 0.25) is 0 Å². The van der Waals surface area contributed by atoms with Crippen molar-refractivity contribution in [3.63, 3.8) is 0 Å². The van der Waals surface area contributed by atoms with Crippen LogP contribution in [0.5, 0.6) is 11.5 Å². The zero-order chi connectivity index (χ0) is 20.2. The van der Waals surface area contributed by atoms with Crippen LogP contribution in [0.4, 0.5) is 0 Å².